The minimum Gasteiger partial charge on any atom is -0.353 e. The van der Waals surface area contributed by atoms with Gasteiger partial charge in [-0.3, -0.25) is 10.1 Å². The first-order valence-electron chi connectivity index (χ1n) is 8.86. The highest BCUT2D eigenvalue weighted by atomic mass is 32.2. The Balaban J connectivity index is 1.75. The minimum atomic E-state index is -3.59. The Hall–Kier alpha value is -3.29. The van der Waals surface area contributed by atoms with E-state index in [0.717, 1.165) is 5.56 Å². The predicted octanol–water partition coefficient (Wildman–Crippen LogP) is 2.14. The number of aliphatic imine (C=N–C) groups is 1. The molecular formula is C19H19N5O4S. The third kappa shape index (κ3) is 4.42. The molecule has 0 spiro atoms. The molecule has 2 aromatic carbocycles. The van der Waals surface area contributed by atoms with Crippen molar-refractivity contribution in [2.45, 2.75) is 11.8 Å². The van der Waals surface area contributed by atoms with Crippen LogP contribution in [0, 0.1) is 28.5 Å². The molecule has 1 heterocycles. The van der Waals surface area contributed by atoms with Crippen molar-refractivity contribution in [2.24, 2.45) is 4.99 Å². The number of piperazine rings is 1. The van der Waals surface area contributed by atoms with E-state index in [2.05, 4.69) is 4.99 Å². The molecule has 0 aromatic heterocycles. The van der Waals surface area contributed by atoms with Crippen molar-refractivity contribution in [2.75, 3.05) is 26.2 Å². The molecule has 0 unspecified atom stereocenters. The summed E-state index contributed by atoms with van der Waals surface area (Å²) in [5.41, 5.74) is 1.49. The third-order valence-corrected chi connectivity index (χ3v) is 6.60. The van der Waals surface area contributed by atoms with Crippen LogP contribution < -0.4 is 0 Å². The van der Waals surface area contributed by atoms with E-state index in [1.807, 2.05) is 11.8 Å². The van der Waals surface area contributed by atoms with Gasteiger partial charge in [0.2, 0.25) is 16.2 Å². The zero-order chi connectivity index (χ0) is 21.0. The smallest absolute Gasteiger partial charge is 0.269 e. The number of nitrogens with zero attached hydrogens (tertiary/aromatic N) is 5. The largest absolute Gasteiger partial charge is 0.353 e. The molecule has 1 aliphatic heterocycles. The van der Waals surface area contributed by atoms with E-state index in [0.29, 0.717) is 24.5 Å². The Kier molecular flexibility index (Phi) is 5.91. The predicted molar refractivity (Wildman–Crippen MR) is 107 cm³/mol. The van der Waals surface area contributed by atoms with Gasteiger partial charge in [-0.2, -0.15) is 14.6 Å². The molecule has 0 atom stereocenters. The maximum atomic E-state index is 12.8. The fourth-order valence-corrected chi connectivity index (χ4v) is 4.52. The molecule has 0 amide bonds. The zero-order valence-corrected chi connectivity index (χ0v) is 16.5. The fraction of sp³-hybridized carbons (Fsp3) is 0.263. The second-order valence-electron chi connectivity index (χ2n) is 6.54. The van der Waals surface area contributed by atoms with E-state index in [1.165, 1.54) is 28.6 Å². The summed E-state index contributed by atoms with van der Waals surface area (Å²) in [5, 5.41) is 19.9. The summed E-state index contributed by atoms with van der Waals surface area (Å²) >= 11 is 0. The van der Waals surface area contributed by atoms with E-state index in [1.54, 1.807) is 30.5 Å². The molecule has 0 N–H and O–H groups in total. The standard InChI is InChI=1S/C19H19N5O4S/c1-15-2-8-18(9-3-15)29(27,28)23-12-10-22(11-13-23)19(21-14-20)16-4-6-17(7-5-16)24(25)26/h2-9H,10-13H2,1H3. The number of sulfonamides is 1. The van der Waals surface area contributed by atoms with Crippen LogP contribution in [0.5, 0.6) is 0 Å². The molecule has 1 aliphatic rings. The molecule has 1 saturated heterocycles. The van der Waals surface area contributed by atoms with Crippen LogP contribution in [-0.4, -0.2) is 54.6 Å². The van der Waals surface area contributed by atoms with Crippen molar-refractivity contribution in [3.8, 4) is 6.19 Å². The van der Waals surface area contributed by atoms with Gasteiger partial charge in [-0.25, -0.2) is 8.42 Å². The summed E-state index contributed by atoms with van der Waals surface area (Å²) in [6.07, 6.45) is 1.75. The first-order valence-corrected chi connectivity index (χ1v) is 10.3. The lowest BCUT2D eigenvalue weighted by Crippen LogP contribution is -2.50. The van der Waals surface area contributed by atoms with Gasteiger partial charge in [-0.1, -0.05) is 17.7 Å². The Morgan fingerprint density at radius 1 is 1.07 bits per heavy atom. The Labute approximate surface area is 168 Å². The summed E-state index contributed by atoms with van der Waals surface area (Å²) < 4.78 is 27.1. The Bertz CT molecular complexity index is 1070. The summed E-state index contributed by atoms with van der Waals surface area (Å²) in [7, 11) is -3.59. The van der Waals surface area contributed by atoms with E-state index >= 15 is 0 Å². The van der Waals surface area contributed by atoms with Gasteiger partial charge in [0.1, 0.15) is 5.84 Å². The SMILES string of the molecule is Cc1ccc(S(=O)(=O)N2CCN(C(=NC#N)c3ccc([N+](=O)[O-])cc3)CC2)cc1. The van der Waals surface area contributed by atoms with Gasteiger partial charge in [0, 0.05) is 43.9 Å². The molecule has 2 aromatic rings. The number of rotatable bonds is 4. The van der Waals surface area contributed by atoms with Crippen LogP contribution >= 0.6 is 0 Å². The van der Waals surface area contributed by atoms with Crippen LogP contribution in [0.2, 0.25) is 0 Å². The molecular weight excluding hydrogens is 394 g/mol. The van der Waals surface area contributed by atoms with Gasteiger partial charge >= 0.3 is 0 Å². The van der Waals surface area contributed by atoms with Gasteiger partial charge in [-0.05, 0) is 31.2 Å². The molecule has 150 valence electrons. The maximum Gasteiger partial charge on any atom is 0.269 e. The van der Waals surface area contributed by atoms with Crippen molar-refractivity contribution in [3.05, 3.63) is 69.8 Å². The monoisotopic (exact) mass is 413 g/mol. The second-order valence-corrected chi connectivity index (χ2v) is 8.48. The van der Waals surface area contributed by atoms with E-state index in [-0.39, 0.29) is 23.7 Å². The van der Waals surface area contributed by atoms with Crippen LogP contribution in [0.1, 0.15) is 11.1 Å². The highest BCUT2D eigenvalue weighted by Gasteiger charge is 2.30. The van der Waals surface area contributed by atoms with E-state index < -0.39 is 14.9 Å². The number of hydrogen-bond donors (Lipinski definition) is 0. The first kappa shape index (κ1) is 20.4. The van der Waals surface area contributed by atoms with Crippen molar-refractivity contribution >= 4 is 21.5 Å². The third-order valence-electron chi connectivity index (χ3n) is 4.69. The number of hydrogen-bond acceptors (Lipinski definition) is 6. The quantitative estimate of drug-likeness (QED) is 0.249. The molecule has 10 heteroatoms. The number of nitro groups is 1. The van der Waals surface area contributed by atoms with Crippen molar-refractivity contribution in [3.63, 3.8) is 0 Å². The summed E-state index contributed by atoms with van der Waals surface area (Å²) in [6.45, 7) is 3.08. The number of nitro benzene ring substituents is 1. The van der Waals surface area contributed by atoms with Crippen LogP contribution in [0.25, 0.3) is 0 Å². The van der Waals surface area contributed by atoms with Gasteiger partial charge in [0.05, 0.1) is 9.82 Å². The van der Waals surface area contributed by atoms with Crippen LogP contribution in [-0.2, 0) is 10.0 Å². The molecule has 0 bridgehead atoms. The number of benzene rings is 2. The van der Waals surface area contributed by atoms with Crippen molar-refractivity contribution in [1.29, 1.82) is 5.26 Å². The second kappa shape index (κ2) is 8.38. The summed E-state index contributed by atoms with van der Waals surface area (Å²) in [4.78, 5) is 16.2. The lowest BCUT2D eigenvalue weighted by molar-refractivity contribution is -0.384. The van der Waals surface area contributed by atoms with E-state index in [9.17, 15) is 18.5 Å². The summed E-state index contributed by atoms with van der Waals surface area (Å²) in [6, 6.07) is 12.5. The van der Waals surface area contributed by atoms with Crippen molar-refractivity contribution in [1.82, 2.24) is 9.21 Å². The molecule has 0 saturated carbocycles. The fourth-order valence-electron chi connectivity index (χ4n) is 3.10. The molecule has 9 nitrogen and oxygen atoms in total. The van der Waals surface area contributed by atoms with Crippen LogP contribution in [0.15, 0.2) is 58.4 Å². The average Bonchev–Trinajstić information content (AvgIpc) is 2.72. The number of amidine groups is 1. The Morgan fingerprint density at radius 3 is 2.17 bits per heavy atom. The summed E-state index contributed by atoms with van der Waals surface area (Å²) in [5.74, 6) is 0.370. The van der Waals surface area contributed by atoms with Crippen LogP contribution in [0.4, 0.5) is 5.69 Å². The van der Waals surface area contributed by atoms with Gasteiger partial charge in [0.15, 0.2) is 0 Å². The van der Waals surface area contributed by atoms with Gasteiger partial charge in [0.25, 0.3) is 5.69 Å². The van der Waals surface area contributed by atoms with Crippen molar-refractivity contribution < 1.29 is 13.3 Å². The first-order chi connectivity index (χ1) is 13.8. The minimum absolute atomic E-state index is 0.0564. The molecule has 3 rings (SSSR count). The van der Waals surface area contributed by atoms with Gasteiger partial charge in [-0.15, -0.1) is 0 Å². The van der Waals surface area contributed by atoms with E-state index in [4.69, 9.17) is 5.26 Å². The average molecular weight is 413 g/mol. The molecule has 29 heavy (non-hydrogen) atoms. The highest BCUT2D eigenvalue weighted by molar-refractivity contribution is 7.89. The maximum absolute atomic E-state index is 12.8. The Morgan fingerprint density at radius 2 is 1.66 bits per heavy atom. The lowest BCUT2D eigenvalue weighted by Gasteiger charge is -2.35. The van der Waals surface area contributed by atoms with Gasteiger partial charge < -0.3 is 4.90 Å². The normalized spacial score (nSPS) is 15.7. The molecule has 0 aliphatic carbocycles. The number of nitriles is 1. The topological polar surface area (TPSA) is 120 Å². The lowest BCUT2D eigenvalue weighted by atomic mass is 10.1. The molecule has 0 radical (unpaired) electrons. The molecule has 1 fully saturated rings. The number of non-ortho nitro benzene ring substituents is 1. The number of aryl methyl sites for hydroxylation is 1. The highest BCUT2D eigenvalue weighted by Crippen LogP contribution is 2.20. The zero-order valence-electron chi connectivity index (χ0n) is 15.7. The van der Waals surface area contributed by atoms with Crippen LogP contribution in [0.3, 0.4) is 0 Å².